The van der Waals surface area contributed by atoms with E-state index in [9.17, 15) is 34.8 Å². The molecule has 692 valence electrons. The van der Waals surface area contributed by atoms with E-state index in [2.05, 4.69) is 57.1 Å². The van der Waals surface area contributed by atoms with E-state index < -0.39 is 123 Å². The molecule has 1 amide bonds. The highest BCUT2D eigenvalue weighted by molar-refractivity contribution is 7.99. The van der Waals surface area contributed by atoms with Crippen molar-refractivity contribution in [1.29, 1.82) is 10.5 Å². The Kier molecular flexibility index (Phi) is 25.6. The molecule has 4 saturated heterocycles. The molecular weight excluding hydrogens is 1710 g/mol. The van der Waals surface area contributed by atoms with Crippen molar-refractivity contribution in [2.24, 2.45) is 0 Å². The van der Waals surface area contributed by atoms with Crippen molar-refractivity contribution in [1.82, 2.24) is 30.7 Å². The summed E-state index contributed by atoms with van der Waals surface area (Å²) in [6.07, 6.45) is 3.53. The number of piperazine rings is 2. The molecule has 8 bridgehead atoms. The average molecular weight is 1830 g/mol. The van der Waals surface area contributed by atoms with Crippen molar-refractivity contribution in [3.63, 3.8) is 0 Å². The second kappa shape index (κ2) is 35.7. The maximum Gasteiger partial charge on any atom is 0.514 e. The summed E-state index contributed by atoms with van der Waals surface area (Å²) in [5, 5.41) is 43.1. The van der Waals surface area contributed by atoms with Gasteiger partial charge in [-0.1, -0.05) is 52.3 Å². The number of fused-ring (bicyclic) bond motifs is 18. The lowest BCUT2D eigenvalue weighted by Gasteiger charge is -2.62. The molecule has 130 heavy (non-hydrogen) atoms. The Bertz CT molecular complexity index is 5740. The number of esters is 4. The molecule has 0 saturated carbocycles. The highest BCUT2D eigenvalue weighted by Gasteiger charge is 2.66. The first-order valence-electron chi connectivity index (χ1n) is 42.6. The van der Waals surface area contributed by atoms with E-state index in [0.29, 0.717) is 140 Å². The number of phenolic OH excluding ortho intramolecular Hbond substituents is 1. The fourth-order valence-corrected chi connectivity index (χ4v) is 24.6. The molecule has 0 aliphatic carbocycles. The molecule has 14 heterocycles. The number of aromatic hydroxyl groups is 1. The van der Waals surface area contributed by atoms with E-state index in [1.165, 1.54) is 51.6 Å². The number of ether oxygens (including phenoxy) is 17. The minimum Gasteiger partial charge on any atom is -0.504 e. The van der Waals surface area contributed by atoms with Gasteiger partial charge in [0.1, 0.15) is 61.2 Å². The quantitative estimate of drug-likeness (QED) is 0.0274. The smallest absolute Gasteiger partial charge is 0.504 e. The van der Waals surface area contributed by atoms with E-state index in [-0.39, 0.29) is 108 Å². The van der Waals surface area contributed by atoms with Crippen LogP contribution in [0.25, 0.3) is 0 Å². The molecule has 20 rings (SSSR count). The number of thioether (sulfide) groups is 2. The lowest BCUT2D eigenvalue weighted by atomic mass is 9.71. The predicted octanol–water partition coefficient (Wildman–Crippen LogP) is 13.5. The third-order valence-corrected chi connectivity index (χ3v) is 28.8. The molecule has 4 fully saturated rings. The van der Waals surface area contributed by atoms with Crippen molar-refractivity contribution < 1.29 is 114 Å². The average Bonchev–Trinajstić information content (AvgIpc) is 0.830. The number of carbonyl (C=O) groups excluding carboxylic acids is 6. The van der Waals surface area contributed by atoms with Crippen molar-refractivity contribution in [3.05, 3.63) is 151 Å². The molecule has 0 radical (unpaired) electrons. The first-order chi connectivity index (χ1) is 61.2. The molecule has 14 aliphatic rings. The number of nitrogens with one attached hydrogen (secondary N) is 3. The fraction of sp³-hybridized carbons (Fsp3) is 0.500. The summed E-state index contributed by atoms with van der Waals surface area (Å²) in [6, 6.07) is 8.93. The molecular formula is C96H112N8O24S2. The molecule has 4 N–H and O–H groups in total. The van der Waals surface area contributed by atoms with Gasteiger partial charge < -0.3 is 90.9 Å². The van der Waals surface area contributed by atoms with Crippen LogP contribution in [0.15, 0.2) is 61.7 Å². The number of carbonyl (C=O) groups is 6. The number of methoxy groups -OCH3 is 4. The zero-order chi connectivity index (χ0) is 91.0. The Balaban J connectivity index is 0.000000201. The first kappa shape index (κ1) is 93.2. The minimum absolute atomic E-state index is 0. The molecule has 0 aromatic heterocycles. The Morgan fingerprint density at radius 3 is 1.52 bits per heavy atom. The Hall–Kier alpha value is -11.5. The lowest BCUT2D eigenvalue weighted by Crippen LogP contribution is -2.71. The second-order valence-electron chi connectivity index (χ2n) is 35.7. The molecule has 2 unspecified atom stereocenters. The second-order valence-corrected chi connectivity index (χ2v) is 37.9. The predicted molar refractivity (Wildman–Crippen MR) is 478 cm³/mol. The number of phenols is 1. The maximum absolute atomic E-state index is 15.3. The Morgan fingerprint density at radius 1 is 0.562 bits per heavy atom. The third kappa shape index (κ3) is 15.3. The zero-order valence-electron chi connectivity index (χ0n) is 74.3. The van der Waals surface area contributed by atoms with Gasteiger partial charge in [0.2, 0.25) is 13.6 Å². The van der Waals surface area contributed by atoms with Gasteiger partial charge in [-0.2, -0.15) is 10.5 Å². The molecule has 32 nitrogen and oxygen atoms in total. The van der Waals surface area contributed by atoms with Crippen LogP contribution in [0.3, 0.4) is 0 Å². The Morgan fingerprint density at radius 2 is 1.04 bits per heavy atom. The van der Waals surface area contributed by atoms with Gasteiger partial charge in [-0.05, 0) is 164 Å². The van der Waals surface area contributed by atoms with Crippen LogP contribution < -0.4 is 77.5 Å². The van der Waals surface area contributed by atoms with Gasteiger partial charge in [0.25, 0.3) is 0 Å². The van der Waals surface area contributed by atoms with Crippen molar-refractivity contribution in [2.45, 2.75) is 217 Å². The number of benzene rings is 6. The number of hydrogen-bond acceptors (Lipinski definition) is 33. The largest absolute Gasteiger partial charge is 0.514 e. The molecule has 6 aromatic carbocycles. The zero-order valence-corrected chi connectivity index (χ0v) is 75.9. The number of rotatable bonds is 13. The van der Waals surface area contributed by atoms with Crippen molar-refractivity contribution in [2.75, 3.05) is 93.0 Å². The summed E-state index contributed by atoms with van der Waals surface area (Å²) in [6.45, 7) is 29.0. The number of amides is 1. The van der Waals surface area contributed by atoms with Crippen LogP contribution in [0.5, 0.6) is 80.5 Å². The van der Waals surface area contributed by atoms with E-state index in [4.69, 9.17) is 80.5 Å². The van der Waals surface area contributed by atoms with Gasteiger partial charge in [0, 0.05) is 95.0 Å². The standard InChI is InChI=1S/C52H60N4O14S.C42H44N4O10S.2CH4/c1-13-16-63-44-36-29(17-25(2)41(44)62-12)18-31-32(21-53)55-33-22-64-47(58)52(30-20-34(61-11)35(19-28(30)14-15-54-52)68-49(60)70-51(8,9)10)23-71-46(40(55)39(36)56(31)48(59)69-50(5,6)7)38-37(33)45-43(65-24-66-45)26(3)42(38)67-27(4)57;1-7-10-52-38-30-23(11-19(2)35(38)51-6)12-25-26(15-43)46-27-16-53-41(49)42(24-14-29(50-5)28(48)13-22(24)8-9-44-42)17-57-40(34(46)33(30)45-25)32-31(27)39-37(54-18-55-39)20(3)36(32)56-21(4)47;;/h13,17,19-20,31-33,39-40,46,54H,1,14-16,18,22-24H2,2-12H3;7,11,13-14,25-27,33-34,40,44-45,48H,1,8-10,12,16-18H2,2-6H3;2*1H4/t31-,32-,33-,39+,40?,46+,52+;25-,26-,27-,33+,34?,40+,42+;;/m00../s1. The summed E-state index contributed by atoms with van der Waals surface area (Å²) >= 11 is 2.88. The van der Waals surface area contributed by atoms with E-state index in [1.54, 1.807) is 104 Å². The van der Waals surface area contributed by atoms with Crippen LogP contribution in [0.1, 0.15) is 194 Å². The van der Waals surface area contributed by atoms with Crippen LogP contribution in [0.2, 0.25) is 0 Å². The van der Waals surface area contributed by atoms with E-state index in [1.807, 2.05) is 26.8 Å². The van der Waals surface area contributed by atoms with E-state index in [0.717, 1.165) is 33.4 Å². The molecule has 34 heteroatoms. The molecule has 2 spiro atoms. The monoisotopic (exact) mass is 1820 g/mol. The summed E-state index contributed by atoms with van der Waals surface area (Å²) in [7, 11) is 6.09. The molecule has 14 atom stereocenters. The van der Waals surface area contributed by atoms with Gasteiger partial charge in [0.05, 0.1) is 87.3 Å². The van der Waals surface area contributed by atoms with Gasteiger partial charge >= 0.3 is 36.1 Å². The van der Waals surface area contributed by atoms with Crippen LogP contribution in [0, 0.1) is 50.4 Å². The lowest BCUT2D eigenvalue weighted by molar-refractivity contribution is -0.157. The van der Waals surface area contributed by atoms with Gasteiger partial charge in [-0.25, -0.2) is 19.2 Å². The fourth-order valence-electron chi connectivity index (χ4n) is 21.2. The van der Waals surface area contributed by atoms with Crippen LogP contribution in [-0.2, 0) is 74.9 Å². The minimum atomic E-state index is -1.55. The van der Waals surface area contributed by atoms with Gasteiger partial charge in [-0.3, -0.25) is 34.9 Å². The SMILES string of the molecule is C.C.C=CCOc1c(OC)c(C)cc2c1[C@@H]1C3[C@@H]4SC[C@]5(NCCc6cc(OC(=O)OC(C)(C)C)c(OC)cc65)C(=O)OC[C@@H](c5c6c(c(C)c(OC(C)=O)c54)OCO6)N3[C@@H](C#N)[C@H](C2)N1C(=O)OC(C)(C)C.C=CCOc1c(OC)c(C)cc2c1[C@H]1N[C@@H](C2)[C@H](C#N)N2C1[C@@H]1SC[C@]3(NCCc4cc(O)c(OC)cc43)C(=O)OC[C@H]2c2c3c(c(C)c(OC(C)=O)c21)OCO3. The topological polar surface area (TPSA) is 373 Å². The molecule has 14 aliphatic heterocycles. The number of nitrogens with zero attached hydrogens (tertiary/aromatic N) is 5. The van der Waals surface area contributed by atoms with Crippen molar-refractivity contribution in [3.8, 4) is 92.6 Å². The third-order valence-electron chi connectivity index (χ3n) is 25.9. The van der Waals surface area contributed by atoms with Crippen molar-refractivity contribution >= 4 is 59.6 Å². The van der Waals surface area contributed by atoms with Crippen LogP contribution >= 0.6 is 23.5 Å². The summed E-state index contributed by atoms with van der Waals surface area (Å²) in [5.41, 5.74) is 6.73. The van der Waals surface area contributed by atoms with Gasteiger partial charge in [0.15, 0.2) is 80.1 Å². The Labute approximate surface area is 764 Å². The van der Waals surface area contributed by atoms with Gasteiger partial charge in [-0.15, -0.1) is 23.5 Å². The number of aryl methyl sites for hydroxylation is 2. The summed E-state index contributed by atoms with van der Waals surface area (Å²) in [5.74, 6) is 2.75. The maximum atomic E-state index is 15.3. The van der Waals surface area contributed by atoms with Crippen LogP contribution in [0.4, 0.5) is 9.59 Å². The molecule has 6 aromatic rings. The summed E-state index contributed by atoms with van der Waals surface area (Å²) in [4.78, 5) is 90.5. The van der Waals surface area contributed by atoms with E-state index >= 15 is 9.59 Å². The highest BCUT2D eigenvalue weighted by atomic mass is 32.2. The summed E-state index contributed by atoms with van der Waals surface area (Å²) < 4.78 is 104. The van der Waals surface area contributed by atoms with Crippen LogP contribution in [-0.4, -0.2) is 196 Å². The number of hydrogen-bond donors (Lipinski definition) is 4. The first-order valence-corrected chi connectivity index (χ1v) is 44.7. The highest BCUT2D eigenvalue weighted by Crippen LogP contribution is 2.68. The normalized spacial score (nSPS) is 25.8. The number of nitriles is 2.